The summed E-state index contributed by atoms with van der Waals surface area (Å²) in [4.78, 5) is 14.1. The molecule has 0 saturated carbocycles. The first-order valence-electron chi connectivity index (χ1n) is 7.64. The number of hydrogen-bond donors (Lipinski definition) is 1. The number of amides is 1. The SMILES string of the molecule is CCCNC(C)CC1COCCN1C(=O)OC(C)(C)C. The molecule has 0 aromatic heterocycles. The Bertz CT molecular complexity index is 302. The lowest BCUT2D eigenvalue weighted by molar-refractivity contribution is -0.0355. The zero-order valence-corrected chi connectivity index (χ0v) is 13.6. The van der Waals surface area contributed by atoms with Crippen molar-refractivity contribution in [3.63, 3.8) is 0 Å². The third kappa shape index (κ3) is 6.09. The van der Waals surface area contributed by atoms with Crippen molar-refractivity contribution in [2.45, 2.75) is 65.1 Å². The van der Waals surface area contributed by atoms with E-state index in [1.165, 1.54) is 0 Å². The fraction of sp³-hybridized carbons (Fsp3) is 0.933. The van der Waals surface area contributed by atoms with E-state index in [0.717, 1.165) is 19.4 Å². The van der Waals surface area contributed by atoms with Crippen LogP contribution in [0.3, 0.4) is 0 Å². The molecule has 1 saturated heterocycles. The highest BCUT2D eigenvalue weighted by atomic mass is 16.6. The summed E-state index contributed by atoms with van der Waals surface area (Å²) < 4.78 is 11.0. The molecule has 20 heavy (non-hydrogen) atoms. The van der Waals surface area contributed by atoms with Gasteiger partial charge in [-0.2, -0.15) is 0 Å². The van der Waals surface area contributed by atoms with E-state index in [4.69, 9.17) is 9.47 Å². The quantitative estimate of drug-likeness (QED) is 0.843. The molecular formula is C15H30N2O3. The highest BCUT2D eigenvalue weighted by Crippen LogP contribution is 2.17. The molecule has 1 rings (SSSR count). The molecule has 2 unspecified atom stereocenters. The van der Waals surface area contributed by atoms with Crippen molar-refractivity contribution >= 4 is 6.09 Å². The van der Waals surface area contributed by atoms with Crippen LogP contribution >= 0.6 is 0 Å². The zero-order valence-electron chi connectivity index (χ0n) is 13.6. The average Bonchev–Trinajstić information content (AvgIpc) is 2.35. The normalized spacial score (nSPS) is 21.6. The predicted molar refractivity (Wildman–Crippen MR) is 79.9 cm³/mol. The van der Waals surface area contributed by atoms with Gasteiger partial charge in [-0.25, -0.2) is 4.79 Å². The van der Waals surface area contributed by atoms with Crippen LogP contribution in [0.25, 0.3) is 0 Å². The van der Waals surface area contributed by atoms with Gasteiger partial charge >= 0.3 is 6.09 Å². The van der Waals surface area contributed by atoms with E-state index < -0.39 is 5.60 Å². The van der Waals surface area contributed by atoms with E-state index in [9.17, 15) is 4.79 Å². The number of morpholine rings is 1. The lowest BCUT2D eigenvalue weighted by atomic mass is 10.1. The first-order chi connectivity index (χ1) is 9.33. The van der Waals surface area contributed by atoms with Gasteiger partial charge in [0.15, 0.2) is 0 Å². The Kier molecular flexibility index (Phi) is 6.76. The summed E-state index contributed by atoms with van der Waals surface area (Å²) in [5.74, 6) is 0. The molecule has 0 aliphatic carbocycles. The molecular weight excluding hydrogens is 256 g/mol. The van der Waals surface area contributed by atoms with Crippen LogP contribution in [-0.4, -0.2) is 55.0 Å². The van der Waals surface area contributed by atoms with Gasteiger partial charge in [0.25, 0.3) is 0 Å². The molecule has 2 atom stereocenters. The number of hydrogen-bond acceptors (Lipinski definition) is 4. The second-order valence-electron chi connectivity index (χ2n) is 6.49. The van der Waals surface area contributed by atoms with Gasteiger partial charge < -0.3 is 19.7 Å². The monoisotopic (exact) mass is 286 g/mol. The molecule has 5 nitrogen and oxygen atoms in total. The van der Waals surface area contributed by atoms with Crippen LogP contribution in [0.5, 0.6) is 0 Å². The summed E-state index contributed by atoms with van der Waals surface area (Å²) in [5.41, 5.74) is -0.452. The van der Waals surface area contributed by atoms with Gasteiger partial charge in [0.05, 0.1) is 19.3 Å². The van der Waals surface area contributed by atoms with Crippen LogP contribution in [0.1, 0.15) is 47.5 Å². The maximum atomic E-state index is 12.2. The molecule has 1 aliphatic rings. The van der Waals surface area contributed by atoms with Crippen LogP contribution in [0.15, 0.2) is 0 Å². The average molecular weight is 286 g/mol. The van der Waals surface area contributed by atoms with Crippen LogP contribution in [0.2, 0.25) is 0 Å². The fourth-order valence-electron chi connectivity index (χ4n) is 2.29. The van der Waals surface area contributed by atoms with Gasteiger partial charge in [-0.1, -0.05) is 6.92 Å². The van der Waals surface area contributed by atoms with Crippen LogP contribution in [0, 0.1) is 0 Å². The third-order valence-corrected chi connectivity index (χ3v) is 3.22. The van der Waals surface area contributed by atoms with Gasteiger partial charge in [-0.15, -0.1) is 0 Å². The summed E-state index contributed by atoms with van der Waals surface area (Å²) >= 11 is 0. The second-order valence-corrected chi connectivity index (χ2v) is 6.49. The highest BCUT2D eigenvalue weighted by molar-refractivity contribution is 5.68. The largest absolute Gasteiger partial charge is 0.444 e. The Balaban J connectivity index is 2.55. The van der Waals surface area contributed by atoms with Gasteiger partial charge in [-0.05, 0) is 47.1 Å². The van der Waals surface area contributed by atoms with Crippen molar-refractivity contribution in [1.82, 2.24) is 10.2 Å². The Labute approximate surface area is 123 Å². The molecule has 1 N–H and O–H groups in total. The second kappa shape index (κ2) is 7.84. The molecule has 118 valence electrons. The number of ether oxygens (including phenoxy) is 2. The minimum absolute atomic E-state index is 0.0953. The molecule has 0 radical (unpaired) electrons. The van der Waals surface area contributed by atoms with Crippen molar-refractivity contribution in [2.75, 3.05) is 26.3 Å². The van der Waals surface area contributed by atoms with E-state index in [2.05, 4.69) is 19.2 Å². The topological polar surface area (TPSA) is 50.8 Å². The maximum Gasteiger partial charge on any atom is 0.410 e. The summed E-state index contributed by atoms with van der Waals surface area (Å²) in [6.45, 7) is 12.8. The minimum Gasteiger partial charge on any atom is -0.444 e. The molecule has 1 amide bonds. The van der Waals surface area contributed by atoms with Crippen molar-refractivity contribution in [3.05, 3.63) is 0 Å². The number of carbonyl (C=O) groups is 1. The highest BCUT2D eigenvalue weighted by Gasteiger charge is 2.31. The van der Waals surface area contributed by atoms with Crippen molar-refractivity contribution in [3.8, 4) is 0 Å². The summed E-state index contributed by atoms with van der Waals surface area (Å²) in [7, 11) is 0. The summed E-state index contributed by atoms with van der Waals surface area (Å²) in [6.07, 6.45) is 1.77. The minimum atomic E-state index is -0.452. The Morgan fingerprint density at radius 2 is 2.20 bits per heavy atom. The summed E-state index contributed by atoms with van der Waals surface area (Å²) in [5, 5.41) is 3.45. The summed E-state index contributed by atoms with van der Waals surface area (Å²) in [6, 6.07) is 0.463. The zero-order chi connectivity index (χ0) is 15.2. The van der Waals surface area contributed by atoms with E-state index in [-0.39, 0.29) is 12.1 Å². The molecule has 0 spiro atoms. The molecule has 5 heteroatoms. The fourth-order valence-corrected chi connectivity index (χ4v) is 2.29. The smallest absolute Gasteiger partial charge is 0.410 e. The number of nitrogens with zero attached hydrogens (tertiary/aromatic N) is 1. The number of carbonyl (C=O) groups excluding carboxylic acids is 1. The standard InChI is InChI=1S/C15H30N2O3/c1-6-7-16-12(2)10-13-11-19-9-8-17(13)14(18)20-15(3,4)5/h12-13,16H,6-11H2,1-5H3. The van der Waals surface area contributed by atoms with E-state index in [1.807, 2.05) is 25.7 Å². The number of nitrogens with one attached hydrogen (secondary N) is 1. The lowest BCUT2D eigenvalue weighted by Gasteiger charge is -2.37. The van der Waals surface area contributed by atoms with Crippen molar-refractivity contribution in [1.29, 1.82) is 0 Å². The Morgan fingerprint density at radius 3 is 2.80 bits per heavy atom. The first-order valence-corrected chi connectivity index (χ1v) is 7.64. The van der Waals surface area contributed by atoms with Gasteiger partial charge in [0, 0.05) is 12.6 Å². The molecule has 0 bridgehead atoms. The van der Waals surface area contributed by atoms with Gasteiger partial charge in [0.2, 0.25) is 0 Å². The van der Waals surface area contributed by atoms with Crippen molar-refractivity contribution in [2.24, 2.45) is 0 Å². The van der Waals surface area contributed by atoms with E-state index in [0.29, 0.717) is 25.8 Å². The molecule has 1 heterocycles. The van der Waals surface area contributed by atoms with Crippen molar-refractivity contribution < 1.29 is 14.3 Å². The number of rotatable bonds is 5. The molecule has 0 aromatic carbocycles. The Morgan fingerprint density at radius 1 is 1.50 bits per heavy atom. The maximum absolute atomic E-state index is 12.2. The lowest BCUT2D eigenvalue weighted by Crippen LogP contribution is -2.52. The Hall–Kier alpha value is -0.810. The third-order valence-electron chi connectivity index (χ3n) is 3.22. The van der Waals surface area contributed by atoms with Crippen LogP contribution in [-0.2, 0) is 9.47 Å². The van der Waals surface area contributed by atoms with E-state index in [1.54, 1.807) is 0 Å². The molecule has 1 aliphatic heterocycles. The predicted octanol–water partition coefficient (Wildman–Crippen LogP) is 2.40. The van der Waals surface area contributed by atoms with Gasteiger partial charge in [0.1, 0.15) is 5.60 Å². The van der Waals surface area contributed by atoms with E-state index >= 15 is 0 Å². The van der Waals surface area contributed by atoms with Crippen LogP contribution < -0.4 is 5.32 Å². The van der Waals surface area contributed by atoms with Crippen LogP contribution in [0.4, 0.5) is 4.79 Å². The van der Waals surface area contributed by atoms with Gasteiger partial charge in [-0.3, -0.25) is 0 Å². The first kappa shape index (κ1) is 17.2. The molecule has 0 aromatic rings. The molecule has 1 fully saturated rings.